The molecule has 0 N–H and O–H groups in total. The molecule has 0 aromatic carbocycles. The Morgan fingerprint density at radius 3 is 2.83 bits per heavy atom. The maximum atomic E-state index is 12.8. The molecular weight excluding hydrogens is 403 g/mol. The summed E-state index contributed by atoms with van der Waals surface area (Å²) in [4.78, 5) is 18.6. The van der Waals surface area contributed by atoms with Gasteiger partial charge in [-0.15, -0.1) is 0 Å². The fourth-order valence-corrected chi connectivity index (χ4v) is 3.46. The summed E-state index contributed by atoms with van der Waals surface area (Å²) in [7, 11) is 0. The first-order valence-corrected chi connectivity index (χ1v) is 10.1. The van der Waals surface area contributed by atoms with Crippen molar-refractivity contribution in [3.63, 3.8) is 0 Å². The molecule has 1 aliphatic carbocycles. The van der Waals surface area contributed by atoms with Crippen molar-refractivity contribution in [2.24, 2.45) is 5.92 Å². The third kappa shape index (κ3) is 5.00. The number of alkyl halides is 3. The number of aromatic nitrogens is 4. The number of likely N-dealkylation sites (tertiary alicyclic amines) is 1. The molecule has 1 amide bonds. The summed E-state index contributed by atoms with van der Waals surface area (Å²) in [6, 6.07) is 0.939. The number of aryl methyl sites for hydroxylation is 1. The molecule has 1 saturated heterocycles. The van der Waals surface area contributed by atoms with Crippen LogP contribution >= 0.6 is 0 Å². The molecule has 1 saturated carbocycles. The first-order valence-electron chi connectivity index (χ1n) is 10.1. The second-order valence-corrected chi connectivity index (χ2v) is 7.97. The van der Waals surface area contributed by atoms with E-state index in [2.05, 4.69) is 15.2 Å². The Morgan fingerprint density at radius 2 is 2.13 bits per heavy atom. The fraction of sp³-hybridized carbons (Fsp3) is 0.684. The molecule has 8 nitrogen and oxygen atoms in total. The third-order valence-corrected chi connectivity index (χ3v) is 5.45. The van der Waals surface area contributed by atoms with Crippen LogP contribution in [-0.4, -0.2) is 57.0 Å². The molecule has 4 rings (SSSR count). The average Bonchev–Trinajstić information content (AvgIpc) is 3.08. The highest BCUT2D eigenvalue weighted by atomic mass is 19.4. The highest BCUT2D eigenvalue weighted by Crippen LogP contribution is 2.30. The largest absolute Gasteiger partial charge is 0.435 e. The number of ether oxygens (including phenoxy) is 1. The van der Waals surface area contributed by atoms with Gasteiger partial charge in [0.05, 0.1) is 12.5 Å². The first-order chi connectivity index (χ1) is 14.3. The summed E-state index contributed by atoms with van der Waals surface area (Å²) in [6.07, 6.45) is -0.807. The molecule has 1 unspecified atom stereocenters. The van der Waals surface area contributed by atoms with Crippen LogP contribution in [0.3, 0.4) is 0 Å². The summed E-state index contributed by atoms with van der Waals surface area (Å²) in [5.41, 5.74) is -0.705. The molecule has 1 aliphatic heterocycles. The number of amides is 1. The minimum Gasteiger partial charge on any atom is -0.381 e. The van der Waals surface area contributed by atoms with Crippen LogP contribution in [0.15, 0.2) is 10.6 Å². The van der Waals surface area contributed by atoms with Crippen molar-refractivity contribution in [1.29, 1.82) is 0 Å². The van der Waals surface area contributed by atoms with E-state index in [1.165, 1.54) is 19.8 Å². The Morgan fingerprint density at radius 1 is 1.33 bits per heavy atom. The van der Waals surface area contributed by atoms with E-state index >= 15 is 0 Å². The maximum Gasteiger partial charge on any atom is 0.435 e. The smallest absolute Gasteiger partial charge is 0.381 e. The van der Waals surface area contributed by atoms with E-state index in [0.29, 0.717) is 50.2 Å². The second kappa shape index (κ2) is 8.37. The maximum absolute atomic E-state index is 12.8. The monoisotopic (exact) mass is 427 g/mol. The van der Waals surface area contributed by atoms with Crippen molar-refractivity contribution >= 4 is 5.91 Å². The molecule has 0 bridgehead atoms. The van der Waals surface area contributed by atoms with Gasteiger partial charge in [-0.1, -0.05) is 5.16 Å². The lowest BCUT2D eigenvalue weighted by Crippen LogP contribution is -2.32. The van der Waals surface area contributed by atoms with E-state index in [-0.39, 0.29) is 24.1 Å². The average molecular weight is 427 g/mol. The van der Waals surface area contributed by atoms with E-state index in [4.69, 9.17) is 9.26 Å². The van der Waals surface area contributed by atoms with Crippen LogP contribution in [0.25, 0.3) is 0 Å². The molecule has 2 aliphatic rings. The molecule has 2 aromatic rings. The number of hydrogen-bond acceptors (Lipinski definition) is 6. The normalized spacial score (nSPS) is 19.6. The van der Waals surface area contributed by atoms with Gasteiger partial charge < -0.3 is 14.2 Å². The molecule has 3 heterocycles. The highest BCUT2D eigenvalue weighted by Gasteiger charge is 2.35. The molecule has 0 radical (unpaired) electrons. The number of hydrogen-bond donors (Lipinski definition) is 0. The minimum absolute atomic E-state index is 0.0768. The predicted molar refractivity (Wildman–Crippen MR) is 97.4 cm³/mol. The predicted octanol–water partition coefficient (Wildman–Crippen LogP) is 2.58. The quantitative estimate of drug-likeness (QED) is 0.602. The number of rotatable bonds is 8. The van der Waals surface area contributed by atoms with E-state index in [1.54, 1.807) is 4.90 Å². The summed E-state index contributed by atoms with van der Waals surface area (Å²) in [5.74, 6) is 1.41. The van der Waals surface area contributed by atoms with E-state index in [9.17, 15) is 18.0 Å². The van der Waals surface area contributed by atoms with Gasteiger partial charge in [-0.3, -0.25) is 9.48 Å². The van der Waals surface area contributed by atoms with Gasteiger partial charge in [-0.2, -0.15) is 23.3 Å². The van der Waals surface area contributed by atoms with E-state index in [1.807, 2.05) is 0 Å². The van der Waals surface area contributed by atoms with E-state index in [0.717, 1.165) is 17.4 Å². The van der Waals surface area contributed by atoms with Crippen LogP contribution in [0.4, 0.5) is 13.2 Å². The van der Waals surface area contributed by atoms with Crippen LogP contribution in [0.5, 0.6) is 0 Å². The zero-order valence-corrected chi connectivity index (χ0v) is 16.7. The van der Waals surface area contributed by atoms with Gasteiger partial charge >= 0.3 is 6.18 Å². The lowest BCUT2D eigenvalue weighted by Gasteiger charge is -2.16. The lowest BCUT2D eigenvalue weighted by atomic mass is 10.1. The molecule has 2 fully saturated rings. The number of nitrogens with zero attached hydrogens (tertiary/aromatic N) is 5. The van der Waals surface area contributed by atoms with Gasteiger partial charge in [0.2, 0.25) is 11.8 Å². The lowest BCUT2D eigenvalue weighted by molar-refractivity contribution is -0.142. The Bertz CT molecular complexity index is 890. The number of halogens is 3. The van der Waals surface area contributed by atoms with Crippen molar-refractivity contribution < 1.29 is 27.2 Å². The van der Waals surface area contributed by atoms with Crippen LogP contribution in [-0.2, 0) is 28.7 Å². The number of carbonyl (C=O) groups excluding carboxylic acids is 1. The molecule has 11 heteroatoms. The van der Waals surface area contributed by atoms with Gasteiger partial charge in [0.15, 0.2) is 11.5 Å². The molecule has 1 atom stereocenters. The van der Waals surface area contributed by atoms with Crippen LogP contribution in [0.1, 0.15) is 48.3 Å². The van der Waals surface area contributed by atoms with Crippen LogP contribution in [0, 0.1) is 12.8 Å². The Kier molecular flexibility index (Phi) is 5.81. The summed E-state index contributed by atoms with van der Waals surface area (Å²) >= 11 is 0. The van der Waals surface area contributed by atoms with Crippen molar-refractivity contribution in [3.05, 3.63) is 29.2 Å². The molecule has 0 spiro atoms. The topological polar surface area (TPSA) is 86.3 Å². The van der Waals surface area contributed by atoms with Gasteiger partial charge in [0.25, 0.3) is 0 Å². The standard InChI is InChI=1S/C19H24F3N5O3/c1-12-8-15(19(20,21)22)24-27(12)10-17(28)26-6-4-14(9-26)18-23-16(25-30-18)5-7-29-11-13-2-3-13/h8,13-14H,2-7,9-11H2,1H3. The van der Waals surface area contributed by atoms with Gasteiger partial charge in [0, 0.05) is 31.8 Å². The zero-order chi connectivity index (χ0) is 21.3. The summed E-state index contributed by atoms with van der Waals surface area (Å²) in [6.45, 7) is 3.47. The van der Waals surface area contributed by atoms with Crippen molar-refractivity contribution in [2.75, 3.05) is 26.3 Å². The Balaban J connectivity index is 1.27. The first kappa shape index (κ1) is 20.8. The van der Waals surface area contributed by atoms with Gasteiger partial charge in [0.1, 0.15) is 6.54 Å². The summed E-state index contributed by atoms with van der Waals surface area (Å²) in [5, 5.41) is 7.49. The van der Waals surface area contributed by atoms with E-state index < -0.39 is 11.9 Å². The minimum atomic E-state index is -4.53. The fourth-order valence-electron chi connectivity index (χ4n) is 3.46. The Hall–Kier alpha value is -2.43. The molecule has 164 valence electrons. The van der Waals surface area contributed by atoms with Gasteiger partial charge in [-0.05, 0) is 38.2 Å². The number of carbonyl (C=O) groups is 1. The molecule has 2 aromatic heterocycles. The van der Waals surface area contributed by atoms with Crippen molar-refractivity contribution in [3.8, 4) is 0 Å². The van der Waals surface area contributed by atoms with Gasteiger partial charge in [-0.25, -0.2) is 0 Å². The zero-order valence-electron chi connectivity index (χ0n) is 16.7. The summed E-state index contributed by atoms with van der Waals surface area (Å²) < 4.78 is 50.4. The Labute approximate surface area is 171 Å². The molecule has 30 heavy (non-hydrogen) atoms. The van der Waals surface area contributed by atoms with Crippen molar-refractivity contribution in [2.45, 2.75) is 51.2 Å². The highest BCUT2D eigenvalue weighted by molar-refractivity contribution is 5.76. The van der Waals surface area contributed by atoms with Crippen LogP contribution in [0.2, 0.25) is 0 Å². The van der Waals surface area contributed by atoms with Crippen LogP contribution < -0.4 is 0 Å². The SMILES string of the molecule is Cc1cc(C(F)(F)F)nn1CC(=O)N1CCC(c2nc(CCOCC3CC3)no2)C1. The second-order valence-electron chi connectivity index (χ2n) is 7.97. The third-order valence-electron chi connectivity index (χ3n) is 5.45. The van der Waals surface area contributed by atoms with Crippen molar-refractivity contribution in [1.82, 2.24) is 24.8 Å². The molecular formula is C19H24F3N5O3.